The van der Waals surface area contributed by atoms with Gasteiger partial charge >= 0.3 is 0 Å². The quantitative estimate of drug-likeness (QED) is 0.864. The van der Waals surface area contributed by atoms with E-state index in [1.807, 2.05) is 6.92 Å². The van der Waals surface area contributed by atoms with Crippen LogP contribution >= 0.6 is 23.4 Å². The largest absolute Gasteiger partial charge is 0.392 e. The molecule has 1 atom stereocenters. The molecule has 0 spiro atoms. The molecule has 0 aliphatic rings. The average Bonchev–Trinajstić information content (AvgIpc) is 2.20. The molecule has 1 unspecified atom stereocenters. The van der Waals surface area contributed by atoms with Crippen LogP contribution in [-0.4, -0.2) is 22.7 Å². The van der Waals surface area contributed by atoms with Gasteiger partial charge in [-0.3, -0.25) is 0 Å². The van der Waals surface area contributed by atoms with Gasteiger partial charge in [0.2, 0.25) is 0 Å². The van der Waals surface area contributed by atoms with E-state index in [9.17, 15) is 9.50 Å². The van der Waals surface area contributed by atoms with Crippen molar-refractivity contribution < 1.29 is 9.50 Å². The fourth-order valence-electron chi connectivity index (χ4n) is 1.27. The van der Waals surface area contributed by atoms with Crippen molar-refractivity contribution >= 4 is 23.4 Å². The monoisotopic (exact) mass is 248 g/mol. The average molecular weight is 249 g/mol. The summed E-state index contributed by atoms with van der Waals surface area (Å²) in [5.41, 5.74) is 0.478. The fourth-order valence-corrected chi connectivity index (χ4v) is 2.09. The number of aliphatic hydroxyl groups is 1. The van der Waals surface area contributed by atoms with Crippen molar-refractivity contribution in [2.24, 2.45) is 0 Å². The molecule has 0 aliphatic carbocycles. The Kier molecular flexibility index (Phi) is 5.43. The van der Waals surface area contributed by atoms with Gasteiger partial charge in [-0.15, -0.1) is 0 Å². The molecule has 0 aliphatic heterocycles. The summed E-state index contributed by atoms with van der Waals surface area (Å²) in [6.07, 6.45) is -0.192. The van der Waals surface area contributed by atoms with Gasteiger partial charge < -0.3 is 5.11 Å². The molecule has 1 N–H and O–H groups in total. The van der Waals surface area contributed by atoms with E-state index in [0.717, 1.165) is 5.75 Å². The predicted octanol–water partition coefficient (Wildman–Crippen LogP) is 3.14. The van der Waals surface area contributed by atoms with Crippen molar-refractivity contribution in [1.82, 2.24) is 0 Å². The molecule has 1 rings (SSSR count). The number of aliphatic hydroxyl groups excluding tert-OH is 1. The van der Waals surface area contributed by atoms with E-state index in [0.29, 0.717) is 22.8 Å². The van der Waals surface area contributed by atoms with Crippen LogP contribution in [0.15, 0.2) is 18.2 Å². The number of thioether (sulfide) groups is 1. The second kappa shape index (κ2) is 6.36. The lowest BCUT2D eigenvalue weighted by atomic mass is 10.1. The topological polar surface area (TPSA) is 20.2 Å². The highest BCUT2D eigenvalue weighted by Crippen LogP contribution is 2.17. The van der Waals surface area contributed by atoms with E-state index in [1.165, 1.54) is 12.1 Å². The highest BCUT2D eigenvalue weighted by atomic mass is 35.5. The third-order valence-electron chi connectivity index (χ3n) is 1.98. The van der Waals surface area contributed by atoms with Gasteiger partial charge in [0, 0.05) is 17.2 Å². The van der Waals surface area contributed by atoms with Crippen LogP contribution in [0.4, 0.5) is 4.39 Å². The summed E-state index contributed by atoms with van der Waals surface area (Å²) in [6, 6.07) is 4.40. The second-order valence-corrected chi connectivity index (χ2v) is 5.01. The van der Waals surface area contributed by atoms with Crippen molar-refractivity contribution in [3.05, 3.63) is 34.6 Å². The van der Waals surface area contributed by atoms with Crippen LogP contribution in [0.1, 0.15) is 12.5 Å². The third-order valence-corrected chi connectivity index (χ3v) is 3.24. The maximum Gasteiger partial charge on any atom is 0.126 e. The number of hydrogen-bond donors (Lipinski definition) is 1. The van der Waals surface area contributed by atoms with Crippen LogP contribution in [0.3, 0.4) is 0 Å². The van der Waals surface area contributed by atoms with Crippen LogP contribution in [0.2, 0.25) is 5.02 Å². The first-order valence-corrected chi connectivity index (χ1v) is 6.36. The van der Waals surface area contributed by atoms with E-state index in [-0.39, 0.29) is 5.82 Å². The first-order valence-electron chi connectivity index (χ1n) is 4.83. The molecule has 1 aromatic rings. The summed E-state index contributed by atoms with van der Waals surface area (Å²) in [6.45, 7) is 2.03. The molecule has 0 heterocycles. The number of rotatable bonds is 5. The van der Waals surface area contributed by atoms with Gasteiger partial charge in [0.05, 0.1) is 6.10 Å². The molecular formula is C11H14ClFOS. The van der Waals surface area contributed by atoms with E-state index in [4.69, 9.17) is 11.6 Å². The Morgan fingerprint density at radius 2 is 2.27 bits per heavy atom. The molecule has 1 aromatic carbocycles. The Morgan fingerprint density at radius 1 is 1.53 bits per heavy atom. The minimum absolute atomic E-state index is 0.306. The van der Waals surface area contributed by atoms with E-state index in [1.54, 1.807) is 17.8 Å². The van der Waals surface area contributed by atoms with E-state index >= 15 is 0 Å². The van der Waals surface area contributed by atoms with Gasteiger partial charge in [0.25, 0.3) is 0 Å². The Morgan fingerprint density at radius 3 is 2.93 bits per heavy atom. The van der Waals surface area contributed by atoms with Crippen LogP contribution in [0, 0.1) is 5.82 Å². The van der Waals surface area contributed by atoms with Crippen LogP contribution < -0.4 is 0 Å². The molecule has 4 heteroatoms. The molecule has 0 fully saturated rings. The molecule has 0 saturated heterocycles. The lowest BCUT2D eigenvalue weighted by Crippen LogP contribution is -2.14. The Labute approximate surface area is 98.6 Å². The standard InChI is InChI=1S/C11H14ClFOS/c1-2-15-7-10(14)6-8-5-9(12)3-4-11(8)13/h3-5,10,14H,2,6-7H2,1H3. The predicted molar refractivity (Wildman–Crippen MR) is 64.1 cm³/mol. The van der Waals surface area contributed by atoms with Gasteiger partial charge in [0.15, 0.2) is 0 Å². The maximum absolute atomic E-state index is 13.3. The molecule has 0 bridgehead atoms. The van der Waals surface area contributed by atoms with Crippen LogP contribution in [0.5, 0.6) is 0 Å². The summed E-state index contributed by atoms with van der Waals surface area (Å²) >= 11 is 7.39. The first kappa shape index (κ1) is 12.8. The molecule has 0 amide bonds. The highest BCUT2D eigenvalue weighted by molar-refractivity contribution is 7.99. The molecular weight excluding hydrogens is 235 g/mol. The highest BCUT2D eigenvalue weighted by Gasteiger charge is 2.09. The summed E-state index contributed by atoms with van der Waals surface area (Å²) in [7, 11) is 0. The Hall–Kier alpha value is -0.250. The number of halogens is 2. The summed E-state index contributed by atoms with van der Waals surface area (Å²) in [4.78, 5) is 0. The maximum atomic E-state index is 13.3. The summed E-state index contributed by atoms with van der Waals surface area (Å²) < 4.78 is 13.3. The lowest BCUT2D eigenvalue weighted by molar-refractivity contribution is 0.199. The van der Waals surface area contributed by atoms with E-state index < -0.39 is 6.10 Å². The SMILES string of the molecule is CCSCC(O)Cc1cc(Cl)ccc1F. The molecule has 0 aromatic heterocycles. The lowest BCUT2D eigenvalue weighted by Gasteiger charge is -2.10. The summed E-state index contributed by atoms with van der Waals surface area (Å²) in [5, 5.41) is 10.1. The van der Waals surface area contributed by atoms with Crippen LogP contribution in [0.25, 0.3) is 0 Å². The van der Waals surface area contributed by atoms with Crippen molar-refractivity contribution in [2.45, 2.75) is 19.4 Å². The number of hydrogen-bond acceptors (Lipinski definition) is 2. The second-order valence-electron chi connectivity index (χ2n) is 3.25. The smallest absolute Gasteiger partial charge is 0.126 e. The zero-order valence-corrected chi connectivity index (χ0v) is 10.1. The third kappa shape index (κ3) is 4.41. The van der Waals surface area contributed by atoms with Crippen molar-refractivity contribution in [3.8, 4) is 0 Å². The molecule has 0 saturated carbocycles. The normalized spacial score (nSPS) is 12.8. The van der Waals surface area contributed by atoms with Gasteiger partial charge in [-0.05, 0) is 29.5 Å². The van der Waals surface area contributed by atoms with Gasteiger partial charge in [0.1, 0.15) is 5.82 Å². The first-order chi connectivity index (χ1) is 7.13. The number of benzene rings is 1. The zero-order valence-electron chi connectivity index (χ0n) is 8.54. The minimum Gasteiger partial charge on any atom is -0.392 e. The molecule has 84 valence electrons. The molecule has 15 heavy (non-hydrogen) atoms. The fraction of sp³-hybridized carbons (Fsp3) is 0.455. The molecule has 1 nitrogen and oxygen atoms in total. The van der Waals surface area contributed by atoms with Crippen molar-refractivity contribution in [1.29, 1.82) is 0 Å². The van der Waals surface area contributed by atoms with Crippen molar-refractivity contribution in [3.63, 3.8) is 0 Å². The minimum atomic E-state index is -0.511. The zero-order chi connectivity index (χ0) is 11.3. The Bertz CT molecular complexity index is 319. The van der Waals surface area contributed by atoms with E-state index in [2.05, 4.69) is 0 Å². The van der Waals surface area contributed by atoms with Gasteiger partial charge in [-0.1, -0.05) is 18.5 Å². The Balaban J connectivity index is 2.59. The van der Waals surface area contributed by atoms with Gasteiger partial charge in [-0.25, -0.2) is 4.39 Å². The van der Waals surface area contributed by atoms with Crippen LogP contribution in [-0.2, 0) is 6.42 Å². The van der Waals surface area contributed by atoms with Crippen molar-refractivity contribution in [2.75, 3.05) is 11.5 Å². The van der Waals surface area contributed by atoms with Gasteiger partial charge in [-0.2, -0.15) is 11.8 Å². The summed E-state index contributed by atoms with van der Waals surface area (Å²) in [5.74, 6) is 1.28. The molecule has 0 radical (unpaired) electrons.